The Hall–Kier alpha value is -1.94. The van der Waals surface area contributed by atoms with Crippen LogP contribution in [0.25, 0.3) is 0 Å². The Kier molecular flexibility index (Phi) is 5.09. The number of carbonyl (C=O) groups excluding carboxylic acids is 1. The van der Waals surface area contributed by atoms with E-state index < -0.39 is 10.0 Å². The fourth-order valence-electron chi connectivity index (χ4n) is 2.50. The third-order valence-corrected chi connectivity index (χ3v) is 7.01. The number of rotatable bonds is 4. The Labute approximate surface area is 149 Å². The highest BCUT2D eigenvalue weighted by atomic mass is 32.2. The number of carbonyl (C=O) groups is 1. The lowest BCUT2D eigenvalue weighted by molar-refractivity contribution is 0.0730. The number of anilines is 1. The van der Waals surface area contributed by atoms with Crippen molar-refractivity contribution in [1.29, 1.82) is 0 Å². The number of phenolic OH excluding ortho intramolecular Hbond substituents is 1. The average Bonchev–Trinajstić information content (AvgIpc) is 3.00. The van der Waals surface area contributed by atoms with Crippen LogP contribution in [-0.4, -0.2) is 50.0 Å². The van der Waals surface area contributed by atoms with Crippen LogP contribution in [-0.2, 0) is 14.8 Å². The van der Waals surface area contributed by atoms with Gasteiger partial charge in [0.1, 0.15) is 5.75 Å². The van der Waals surface area contributed by atoms with Crippen molar-refractivity contribution in [1.82, 2.24) is 4.31 Å². The van der Waals surface area contributed by atoms with Crippen LogP contribution in [0.1, 0.15) is 14.5 Å². The molecule has 0 unspecified atom stereocenters. The molecule has 2 heterocycles. The van der Waals surface area contributed by atoms with Crippen molar-refractivity contribution in [2.24, 2.45) is 0 Å². The summed E-state index contributed by atoms with van der Waals surface area (Å²) >= 11 is 1.14. The number of nitrogens with one attached hydrogen (secondary N) is 1. The first-order valence-corrected chi connectivity index (χ1v) is 9.92. The molecule has 0 radical (unpaired) electrons. The predicted octanol–water partition coefficient (Wildman–Crippen LogP) is 2.04. The summed E-state index contributed by atoms with van der Waals surface area (Å²) in [6.07, 6.45) is 0. The molecule has 1 aromatic heterocycles. The van der Waals surface area contributed by atoms with Gasteiger partial charge in [-0.05, 0) is 37.3 Å². The van der Waals surface area contributed by atoms with Gasteiger partial charge in [-0.2, -0.15) is 4.31 Å². The number of morpholine rings is 1. The number of phenols is 1. The van der Waals surface area contributed by atoms with E-state index in [9.17, 15) is 18.3 Å². The van der Waals surface area contributed by atoms with Gasteiger partial charge >= 0.3 is 0 Å². The van der Waals surface area contributed by atoms with Crippen LogP contribution in [0.5, 0.6) is 5.75 Å². The summed E-state index contributed by atoms with van der Waals surface area (Å²) < 4.78 is 32.1. The lowest BCUT2D eigenvalue weighted by atomic mass is 10.3. The molecule has 1 amide bonds. The molecule has 1 aliphatic rings. The summed E-state index contributed by atoms with van der Waals surface area (Å²) in [7, 11) is -3.63. The normalized spacial score (nSPS) is 15.9. The molecule has 1 aromatic carbocycles. The molecule has 7 nitrogen and oxygen atoms in total. The van der Waals surface area contributed by atoms with E-state index in [-0.39, 0.29) is 16.6 Å². The number of nitrogens with zero attached hydrogens (tertiary/aromatic N) is 1. The van der Waals surface area contributed by atoms with E-state index >= 15 is 0 Å². The Morgan fingerprint density at radius 1 is 1.24 bits per heavy atom. The molecule has 1 saturated heterocycles. The number of ether oxygens (including phenoxy) is 1. The molecule has 0 aliphatic carbocycles. The van der Waals surface area contributed by atoms with E-state index in [1.807, 2.05) is 0 Å². The number of benzene rings is 1. The highest BCUT2D eigenvalue weighted by molar-refractivity contribution is 7.89. The fraction of sp³-hybridized carbons (Fsp3) is 0.312. The van der Waals surface area contributed by atoms with Crippen molar-refractivity contribution >= 4 is 33.0 Å². The fourth-order valence-corrected chi connectivity index (χ4v) is 5.36. The molecule has 0 saturated carbocycles. The first-order chi connectivity index (χ1) is 11.9. The van der Waals surface area contributed by atoms with Gasteiger partial charge in [-0.1, -0.05) is 0 Å². The second kappa shape index (κ2) is 7.12. The maximum absolute atomic E-state index is 12.8. The van der Waals surface area contributed by atoms with Gasteiger partial charge in [0.25, 0.3) is 5.91 Å². The maximum Gasteiger partial charge on any atom is 0.265 e. The van der Waals surface area contributed by atoms with Gasteiger partial charge in [0, 0.05) is 23.7 Å². The molecule has 1 aliphatic heterocycles. The van der Waals surface area contributed by atoms with Crippen molar-refractivity contribution in [3.63, 3.8) is 0 Å². The highest BCUT2D eigenvalue weighted by Gasteiger charge is 2.30. The van der Waals surface area contributed by atoms with E-state index in [1.54, 1.807) is 19.1 Å². The molecule has 0 spiro atoms. The van der Waals surface area contributed by atoms with Crippen LogP contribution in [0.4, 0.5) is 5.69 Å². The highest BCUT2D eigenvalue weighted by Crippen LogP contribution is 2.29. The Balaban J connectivity index is 1.81. The monoisotopic (exact) mass is 382 g/mol. The number of sulfonamides is 1. The van der Waals surface area contributed by atoms with Crippen LogP contribution < -0.4 is 5.32 Å². The summed E-state index contributed by atoms with van der Waals surface area (Å²) in [5.41, 5.74) is 0.520. The zero-order chi connectivity index (χ0) is 18.0. The smallest absolute Gasteiger partial charge is 0.265 e. The van der Waals surface area contributed by atoms with Crippen LogP contribution in [0.2, 0.25) is 0 Å². The van der Waals surface area contributed by atoms with Crippen LogP contribution in [0.3, 0.4) is 0 Å². The SMILES string of the molecule is Cc1sc(C(=O)Nc2ccc(O)cc2)cc1S(=O)(=O)N1CCOCC1. The Morgan fingerprint density at radius 2 is 1.88 bits per heavy atom. The molecule has 134 valence electrons. The van der Waals surface area contributed by atoms with Gasteiger partial charge in [0.15, 0.2) is 0 Å². The summed E-state index contributed by atoms with van der Waals surface area (Å²) in [5.74, 6) is -0.286. The summed E-state index contributed by atoms with van der Waals surface area (Å²) in [5, 5.41) is 12.0. The van der Waals surface area contributed by atoms with Crippen molar-refractivity contribution in [3.8, 4) is 5.75 Å². The molecule has 25 heavy (non-hydrogen) atoms. The van der Waals surface area contributed by atoms with Gasteiger partial charge in [-0.25, -0.2) is 8.42 Å². The summed E-state index contributed by atoms with van der Waals surface area (Å²) in [4.78, 5) is 13.4. The van der Waals surface area contributed by atoms with E-state index in [1.165, 1.54) is 22.5 Å². The van der Waals surface area contributed by atoms with E-state index in [0.29, 0.717) is 41.7 Å². The third kappa shape index (κ3) is 3.84. The van der Waals surface area contributed by atoms with Crippen molar-refractivity contribution in [3.05, 3.63) is 40.1 Å². The lowest BCUT2D eigenvalue weighted by Gasteiger charge is -2.25. The van der Waals surface area contributed by atoms with Crippen molar-refractivity contribution < 1.29 is 23.1 Å². The van der Waals surface area contributed by atoms with Crippen LogP contribution in [0.15, 0.2) is 35.2 Å². The Morgan fingerprint density at radius 3 is 2.52 bits per heavy atom. The predicted molar refractivity (Wildman–Crippen MR) is 94.7 cm³/mol. The zero-order valence-corrected chi connectivity index (χ0v) is 15.2. The molecule has 2 aromatic rings. The van der Waals surface area contributed by atoms with Gasteiger partial charge in [0.2, 0.25) is 10.0 Å². The minimum Gasteiger partial charge on any atom is -0.508 e. The molecule has 3 rings (SSSR count). The number of hydrogen-bond donors (Lipinski definition) is 2. The van der Waals surface area contributed by atoms with Gasteiger partial charge in [-0.3, -0.25) is 4.79 Å². The topological polar surface area (TPSA) is 95.9 Å². The summed E-state index contributed by atoms with van der Waals surface area (Å²) in [6.45, 7) is 3.06. The van der Waals surface area contributed by atoms with Crippen LogP contribution >= 0.6 is 11.3 Å². The first-order valence-electron chi connectivity index (χ1n) is 7.66. The molecule has 1 fully saturated rings. The second-order valence-corrected chi connectivity index (χ2v) is 8.71. The largest absolute Gasteiger partial charge is 0.508 e. The second-order valence-electron chi connectivity index (χ2n) is 5.55. The Bertz CT molecular complexity index is 868. The summed E-state index contributed by atoms with van der Waals surface area (Å²) in [6, 6.07) is 7.48. The average molecular weight is 382 g/mol. The minimum atomic E-state index is -3.63. The minimum absolute atomic E-state index is 0.101. The molecular formula is C16H18N2O5S2. The quantitative estimate of drug-likeness (QED) is 0.789. The lowest BCUT2D eigenvalue weighted by Crippen LogP contribution is -2.40. The number of hydrogen-bond acceptors (Lipinski definition) is 6. The molecule has 2 N–H and O–H groups in total. The standard InChI is InChI=1S/C16H18N2O5S2/c1-11-15(25(21,22)18-6-8-23-9-7-18)10-14(24-11)16(20)17-12-2-4-13(19)5-3-12/h2-5,10,19H,6-9H2,1H3,(H,17,20). The molecular weight excluding hydrogens is 364 g/mol. The van der Waals surface area contributed by atoms with Gasteiger partial charge in [-0.15, -0.1) is 11.3 Å². The number of thiophene rings is 1. The molecule has 9 heteroatoms. The number of aryl methyl sites for hydroxylation is 1. The van der Waals surface area contributed by atoms with E-state index in [2.05, 4.69) is 5.32 Å². The maximum atomic E-state index is 12.8. The van der Waals surface area contributed by atoms with Crippen molar-refractivity contribution in [2.75, 3.05) is 31.6 Å². The zero-order valence-electron chi connectivity index (χ0n) is 13.6. The van der Waals surface area contributed by atoms with E-state index in [0.717, 1.165) is 11.3 Å². The first kappa shape index (κ1) is 17.9. The van der Waals surface area contributed by atoms with E-state index in [4.69, 9.17) is 4.74 Å². The third-order valence-electron chi connectivity index (χ3n) is 3.81. The van der Waals surface area contributed by atoms with Gasteiger partial charge < -0.3 is 15.2 Å². The van der Waals surface area contributed by atoms with Crippen molar-refractivity contribution in [2.45, 2.75) is 11.8 Å². The molecule has 0 bridgehead atoms. The number of aromatic hydroxyl groups is 1. The van der Waals surface area contributed by atoms with Crippen LogP contribution in [0, 0.1) is 6.92 Å². The number of amides is 1. The van der Waals surface area contributed by atoms with Gasteiger partial charge in [0.05, 0.1) is 23.0 Å². The molecule has 0 atom stereocenters.